The van der Waals surface area contributed by atoms with Gasteiger partial charge in [-0.05, 0) is 40.5 Å². The number of carboxylic acids is 1. The SMILES string of the molecule is CCCC(CNc1ccc(C(N)=O)c(Br)c1)C(=O)O. The van der Waals surface area contributed by atoms with Crippen LogP contribution in [0.1, 0.15) is 30.1 Å². The molecule has 0 aromatic heterocycles. The summed E-state index contributed by atoms with van der Waals surface area (Å²) in [7, 11) is 0. The number of primary amides is 1. The molecular formula is C13H17BrN2O3. The first-order chi connectivity index (χ1) is 8.95. The average molecular weight is 329 g/mol. The molecule has 0 radical (unpaired) electrons. The number of aliphatic carboxylic acids is 1. The zero-order valence-corrected chi connectivity index (χ0v) is 12.2. The van der Waals surface area contributed by atoms with Crippen LogP contribution in [0.2, 0.25) is 0 Å². The van der Waals surface area contributed by atoms with Crippen molar-refractivity contribution >= 4 is 33.5 Å². The highest BCUT2D eigenvalue weighted by Gasteiger charge is 2.16. The van der Waals surface area contributed by atoms with E-state index in [-0.39, 0.29) is 0 Å². The Labute approximate surface area is 120 Å². The highest BCUT2D eigenvalue weighted by atomic mass is 79.9. The number of anilines is 1. The van der Waals surface area contributed by atoms with E-state index in [1.54, 1.807) is 18.2 Å². The molecule has 1 rings (SSSR count). The van der Waals surface area contributed by atoms with E-state index in [4.69, 9.17) is 10.8 Å². The van der Waals surface area contributed by atoms with E-state index in [0.29, 0.717) is 23.0 Å². The molecule has 1 amide bonds. The molecule has 1 aromatic rings. The lowest BCUT2D eigenvalue weighted by atomic mass is 10.0. The predicted molar refractivity (Wildman–Crippen MR) is 77.2 cm³/mol. The smallest absolute Gasteiger partial charge is 0.308 e. The number of hydrogen-bond donors (Lipinski definition) is 3. The molecule has 4 N–H and O–H groups in total. The zero-order chi connectivity index (χ0) is 14.4. The summed E-state index contributed by atoms with van der Waals surface area (Å²) in [5, 5.41) is 12.1. The Morgan fingerprint density at radius 2 is 2.16 bits per heavy atom. The summed E-state index contributed by atoms with van der Waals surface area (Å²) >= 11 is 3.26. The van der Waals surface area contributed by atoms with Gasteiger partial charge in [0.25, 0.3) is 0 Å². The van der Waals surface area contributed by atoms with Crippen LogP contribution in [-0.4, -0.2) is 23.5 Å². The van der Waals surface area contributed by atoms with Gasteiger partial charge >= 0.3 is 5.97 Å². The maximum atomic E-state index is 11.1. The van der Waals surface area contributed by atoms with E-state index in [2.05, 4.69) is 21.2 Å². The number of nitrogens with two attached hydrogens (primary N) is 1. The van der Waals surface area contributed by atoms with Gasteiger partial charge < -0.3 is 16.2 Å². The molecule has 1 aromatic carbocycles. The Morgan fingerprint density at radius 3 is 2.63 bits per heavy atom. The van der Waals surface area contributed by atoms with Crippen LogP contribution < -0.4 is 11.1 Å². The molecule has 0 aliphatic carbocycles. The maximum Gasteiger partial charge on any atom is 0.308 e. The quantitative estimate of drug-likeness (QED) is 0.716. The minimum atomic E-state index is -0.804. The largest absolute Gasteiger partial charge is 0.481 e. The Hall–Kier alpha value is -1.56. The van der Waals surface area contributed by atoms with E-state index in [1.807, 2.05) is 6.92 Å². The summed E-state index contributed by atoms with van der Waals surface area (Å²) in [6.45, 7) is 2.31. The predicted octanol–water partition coefficient (Wildman–Crippen LogP) is 2.46. The van der Waals surface area contributed by atoms with Crippen LogP contribution in [0, 0.1) is 5.92 Å². The first kappa shape index (κ1) is 15.5. The first-order valence-corrected chi connectivity index (χ1v) is 6.81. The molecule has 104 valence electrons. The van der Waals surface area contributed by atoms with E-state index in [0.717, 1.165) is 12.1 Å². The second kappa shape index (κ2) is 7.13. The summed E-state index contributed by atoms with van der Waals surface area (Å²) in [5.41, 5.74) is 6.35. The van der Waals surface area contributed by atoms with E-state index in [1.165, 1.54) is 0 Å². The van der Waals surface area contributed by atoms with Crippen molar-refractivity contribution in [1.29, 1.82) is 0 Å². The lowest BCUT2D eigenvalue weighted by Crippen LogP contribution is -2.22. The number of amides is 1. The van der Waals surface area contributed by atoms with Crippen molar-refractivity contribution in [3.8, 4) is 0 Å². The van der Waals surface area contributed by atoms with Gasteiger partial charge in [-0.15, -0.1) is 0 Å². The van der Waals surface area contributed by atoms with Gasteiger partial charge in [0.1, 0.15) is 0 Å². The third-order valence-electron chi connectivity index (χ3n) is 2.77. The molecule has 0 saturated heterocycles. The molecule has 5 nitrogen and oxygen atoms in total. The van der Waals surface area contributed by atoms with E-state index in [9.17, 15) is 9.59 Å². The van der Waals surface area contributed by atoms with Crippen LogP contribution in [0.25, 0.3) is 0 Å². The van der Waals surface area contributed by atoms with Crippen molar-refractivity contribution in [2.75, 3.05) is 11.9 Å². The molecular weight excluding hydrogens is 312 g/mol. The fourth-order valence-corrected chi connectivity index (χ4v) is 2.30. The Bertz CT molecular complexity index is 477. The minimum Gasteiger partial charge on any atom is -0.481 e. The van der Waals surface area contributed by atoms with Gasteiger partial charge in [-0.25, -0.2) is 0 Å². The van der Waals surface area contributed by atoms with Gasteiger partial charge in [0, 0.05) is 16.7 Å². The van der Waals surface area contributed by atoms with Crippen molar-refractivity contribution in [2.45, 2.75) is 19.8 Å². The fraction of sp³-hybridized carbons (Fsp3) is 0.385. The van der Waals surface area contributed by atoms with Crippen LogP contribution >= 0.6 is 15.9 Å². The molecule has 0 bridgehead atoms. The second-order valence-corrected chi connectivity index (χ2v) is 5.12. The number of nitrogens with one attached hydrogen (secondary N) is 1. The second-order valence-electron chi connectivity index (χ2n) is 4.26. The number of rotatable bonds is 7. The lowest BCUT2D eigenvalue weighted by Gasteiger charge is -2.14. The number of carbonyl (C=O) groups excluding carboxylic acids is 1. The Morgan fingerprint density at radius 1 is 1.47 bits per heavy atom. The van der Waals surface area contributed by atoms with Crippen LogP contribution in [-0.2, 0) is 4.79 Å². The Balaban J connectivity index is 2.70. The normalized spacial score (nSPS) is 11.9. The molecule has 6 heteroatoms. The van der Waals surface area contributed by atoms with Crippen molar-refractivity contribution in [1.82, 2.24) is 0 Å². The van der Waals surface area contributed by atoms with Crippen molar-refractivity contribution in [2.24, 2.45) is 11.7 Å². The van der Waals surface area contributed by atoms with E-state index >= 15 is 0 Å². The minimum absolute atomic E-state index is 0.353. The van der Waals surface area contributed by atoms with Crippen LogP contribution in [0.5, 0.6) is 0 Å². The van der Waals surface area contributed by atoms with Crippen LogP contribution in [0.3, 0.4) is 0 Å². The third kappa shape index (κ3) is 4.55. The number of hydrogen-bond acceptors (Lipinski definition) is 3. The molecule has 0 spiro atoms. The molecule has 0 fully saturated rings. The molecule has 0 heterocycles. The maximum absolute atomic E-state index is 11.1. The van der Waals surface area contributed by atoms with Gasteiger partial charge in [0.05, 0.1) is 11.5 Å². The third-order valence-corrected chi connectivity index (χ3v) is 3.43. The molecule has 19 heavy (non-hydrogen) atoms. The van der Waals surface area contributed by atoms with Gasteiger partial charge in [-0.3, -0.25) is 9.59 Å². The number of halogens is 1. The molecule has 0 aliphatic heterocycles. The van der Waals surface area contributed by atoms with Gasteiger partial charge in [0.2, 0.25) is 5.91 Å². The molecule has 1 unspecified atom stereocenters. The topological polar surface area (TPSA) is 92.4 Å². The highest BCUT2D eigenvalue weighted by Crippen LogP contribution is 2.21. The number of carbonyl (C=O) groups is 2. The van der Waals surface area contributed by atoms with Crippen molar-refractivity contribution < 1.29 is 14.7 Å². The van der Waals surface area contributed by atoms with E-state index < -0.39 is 17.8 Å². The highest BCUT2D eigenvalue weighted by molar-refractivity contribution is 9.10. The summed E-state index contributed by atoms with van der Waals surface area (Å²) in [4.78, 5) is 22.1. The number of carboxylic acid groups (broad SMARTS) is 1. The van der Waals surface area contributed by atoms with Crippen LogP contribution in [0.15, 0.2) is 22.7 Å². The zero-order valence-electron chi connectivity index (χ0n) is 10.6. The van der Waals surface area contributed by atoms with Crippen LogP contribution in [0.4, 0.5) is 5.69 Å². The lowest BCUT2D eigenvalue weighted by molar-refractivity contribution is -0.141. The Kier molecular flexibility index (Phi) is 5.82. The summed E-state index contributed by atoms with van der Waals surface area (Å²) in [6.07, 6.45) is 1.45. The van der Waals surface area contributed by atoms with Crippen molar-refractivity contribution in [3.05, 3.63) is 28.2 Å². The molecule has 1 atom stereocenters. The summed E-state index contributed by atoms with van der Waals surface area (Å²) in [6, 6.07) is 5.02. The van der Waals surface area contributed by atoms with Crippen molar-refractivity contribution in [3.63, 3.8) is 0 Å². The fourth-order valence-electron chi connectivity index (χ4n) is 1.73. The standard InChI is InChI=1S/C13H17BrN2O3/c1-2-3-8(13(18)19)7-16-9-4-5-10(12(15)17)11(14)6-9/h4-6,8,16H,2-3,7H2,1H3,(H2,15,17)(H,18,19). The van der Waals surface area contributed by atoms with Gasteiger partial charge in [-0.2, -0.15) is 0 Å². The number of benzene rings is 1. The molecule has 0 saturated carbocycles. The van der Waals surface area contributed by atoms with Gasteiger partial charge in [0.15, 0.2) is 0 Å². The first-order valence-electron chi connectivity index (χ1n) is 6.01. The average Bonchev–Trinajstić information content (AvgIpc) is 2.33. The summed E-state index contributed by atoms with van der Waals surface area (Å²) in [5.74, 6) is -1.73. The summed E-state index contributed by atoms with van der Waals surface area (Å²) < 4.78 is 0.590. The molecule has 0 aliphatic rings. The monoisotopic (exact) mass is 328 g/mol. The van der Waals surface area contributed by atoms with Gasteiger partial charge in [-0.1, -0.05) is 13.3 Å².